The molecule has 16 heavy (non-hydrogen) atoms. The predicted molar refractivity (Wildman–Crippen MR) is 70.3 cm³/mol. The van der Waals surface area contributed by atoms with Crippen LogP contribution in [-0.2, 0) is 5.60 Å². The zero-order chi connectivity index (χ0) is 11.8. The van der Waals surface area contributed by atoms with Gasteiger partial charge in [0.2, 0.25) is 0 Å². The van der Waals surface area contributed by atoms with Gasteiger partial charge in [-0.05, 0) is 48.8 Å². The summed E-state index contributed by atoms with van der Waals surface area (Å²) in [5.41, 5.74) is 0.851. The van der Waals surface area contributed by atoms with Gasteiger partial charge in [0.25, 0.3) is 0 Å². The van der Waals surface area contributed by atoms with Crippen molar-refractivity contribution in [1.82, 2.24) is 0 Å². The highest BCUT2D eigenvalue weighted by Gasteiger charge is 2.37. The van der Waals surface area contributed by atoms with Crippen molar-refractivity contribution < 1.29 is 5.11 Å². The van der Waals surface area contributed by atoms with Gasteiger partial charge < -0.3 is 5.11 Å². The lowest BCUT2D eigenvalue weighted by atomic mass is 9.69. The first-order chi connectivity index (χ1) is 7.41. The Morgan fingerprint density at radius 2 is 1.50 bits per heavy atom. The number of aliphatic hydroxyl groups is 1. The molecule has 2 rings (SSSR count). The predicted octanol–water partition coefficient (Wildman–Crippen LogP) is 4.24. The van der Waals surface area contributed by atoms with Gasteiger partial charge in [-0.1, -0.05) is 41.9 Å². The standard InChI is InChI=1S/C14H19BrO/c1-13(2)7-9-14(16,10-8-13)11-3-5-12(15)6-4-11/h3-6,16H,7-10H2,1-2H3. The van der Waals surface area contributed by atoms with E-state index in [1.54, 1.807) is 0 Å². The first kappa shape index (κ1) is 12.1. The number of hydrogen-bond donors (Lipinski definition) is 1. The highest BCUT2D eigenvalue weighted by atomic mass is 79.9. The molecule has 0 amide bonds. The first-order valence-electron chi connectivity index (χ1n) is 5.90. The molecule has 1 aliphatic carbocycles. The molecule has 1 aromatic rings. The van der Waals surface area contributed by atoms with Crippen LogP contribution in [0.25, 0.3) is 0 Å². The normalized spacial score (nSPS) is 23.0. The second-order valence-electron chi connectivity index (χ2n) is 5.70. The summed E-state index contributed by atoms with van der Waals surface area (Å²) in [6.07, 6.45) is 3.95. The van der Waals surface area contributed by atoms with Gasteiger partial charge in [-0.3, -0.25) is 0 Å². The molecule has 1 N–H and O–H groups in total. The lowest BCUT2D eigenvalue weighted by Crippen LogP contribution is -2.34. The van der Waals surface area contributed by atoms with Crippen molar-refractivity contribution in [2.24, 2.45) is 5.41 Å². The summed E-state index contributed by atoms with van der Waals surface area (Å²) in [4.78, 5) is 0. The third-order valence-corrected chi connectivity index (χ3v) is 4.34. The molecule has 1 fully saturated rings. The smallest absolute Gasteiger partial charge is 0.0897 e. The minimum absolute atomic E-state index is 0.390. The van der Waals surface area contributed by atoms with Gasteiger partial charge in [-0.25, -0.2) is 0 Å². The van der Waals surface area contributed by atoms with Gasteiger partial charge in [-0.15, -0.1) is 0 Å². The molecule has 0 unspecified atom stereocenters. The summed E-state index contributed by atoms with van der Waals surface area (Å²) in [7, 11) is 0. The first-order valence-corrected chi connectivity index (χ1v) is 6.69. The van der Waals surface area contributed by atoms with Crippen LogP contribution in [0.2, 0.25) is 0 Å². The van der Waals surface area contributed by atoms with Crippen molar-refractivity contribution in [1.29, 1.82) is 0 Å². The Kier molecular flexibility index (Phi) is 3.15. The van der Waals surface area contributed by atoms with Crippen LogP contribution in [0.5, 0.6) is 0 Å². The van der Waals surface area contributed by atoms with Gasteiger partial charge in [0.05, 0.1) is 5.60 Å². The second-order valence-corrected chi connectivity index (χ2v) is 6.62. The molecular weight excluding hydrogens is 264 g/mol. The zero-order valence-corrected chi connectivity index (χ0v) is 11.5. The van der Waals surface area contributed by atoms with Gasteiger partial charge in [0, 0.05) is 4.47 Å². The Hall–Kier alpha value is -0.340. The van der Waals surface area contributed by atoms with Crippen LogP contribution in [0.15, 0.2) is 28.7 Å². The van der Waals surface area contributed by atoms with Crippen LogP contribution in [0.3, 0.4) is 0 Å². The van der Waals surface area contributed by atoms with Crippen molar-refractivity contribution in [3.05, 3.63) is 34.3 Å². The SMILES string of the molecule is CC1(C)CCC(O)(c2ccc(Br)cc2)CC1. The van der Waals surface area contributed by atoms with Crippen molar-refractivity contribution in [2.45, 2.75) is 45.1 Å². The van der Waals surface area contributed by atoms with Gasteiger partial charge >= 0.3 is 0 Å². The lowest BCUT2D eigenvalue weighted by molar-refractivity contribution is -0.0305. The summed E-state index contributed by atoms with van der Waals surface area (Å²) in [6, 6.07) is 8.07. The van der Waals surface area contributed by atoms with E-state index in [4.69, 9.17) is 0 Å². The number of hydrogen-bond acceptors (Lipinski definition) is 1. The van der Waals surface area contributed by atoms with Gasteiger partial charge in [-0.2, -0.15) is 0 Å². The molecule has 88 valence electrons. The van der Waals surface area contributed by atoms with E-state index < -0.39 is 5.60 Å². The second kappa shape index (κ2) is 4.15. The Balaban J connectivity index is 2.18. The number of benzene rings is 1. The van der Waals surface area contributed by atoms with Crippen LogP contribution >= 0.6 is 15.9 Å². The third-order valence-electron chi connectivity index (χ3n) is 3.81. The molecule has 1 aromatic carbocycles. The molecule has 0 spiro atoms. The quantitative estimate of drug-likeness (QED) is 0.817. The topological polar surface area (TPSA) is 20.2 Å². The number of halogens is 1. The Labute approximate surface area is 106 Å². The molecule has 1 nitrogen and oxygen atoms in total. The van der Waals surface area contributed by atoms with Crippen LogP contribution in [-0.4, -0.2) is 5.11 Å². The van der Waals surface area contributed by atoms with Crippen molar-refractivity contribution in [3.63, 3.8) is 0 Å². The maximum absolute atomic E-state index is 10.7. The molecule has 2 heteroatoms. The molecule has 0 heterocycles. The maximum Gasteiger partial charge on any atom is 0.0897 e. The zero-order valence-electron chi connectivity index (χ0n) is 9.96. The van der Waals surface area contributed by atoms with E-state index in [0.29, 0.717) is 5.41 Å². The van der Waals surface area contributed by atoms with E-state index in [0.717, 1.165) is 35.7 Å². The summed E-state index contributed by atoms with van der Waals surface area (Å²) >= 11 is 3.42. The fourth-order valence-electron chi connectivity index (χ4n) is 2.39. The molecule has 0 aromatic heterocycles. The van der Waals surface area contributed by atoms with Crippen LogP contribution < -0.4 is 0 Å². The Morgan fingerprint density at radius 1 is 1.00 bits per heavy atom. The molecule has 0 atom stereocenters. The van der Waals surface area contributed by atoms with E-state index in [1.807, 2.05) is 24.3 Å². The van der Waals surface area contributed by atoms with Crippen LogP contribution in [0.1, 0.15) is 45.1 Å². The Bertz CT molecular complexity index is 357. The molecular formula is C14H19BrO. The largest absolute Gasteiger partial charge is 0.385 e. The van der Waals surface area contributed by atoms with Crippen molar-refractivity contribution in [3.8, 4) is 0 Å². The number of rotatable bonds is 1. The monoisotopic (exact) mass is 282 g/mol. The summed E-state index contributed by atoms with van der Waals surface area (Å²) < 4.78 is 1.07. The van der Waals surface area contributed by atoms with E-state index in [9.17, 15) is 5.11 Å². The lowest BCUT2D eigenvalue weighted by Gasteiger charge is -2.40. The van der Waals surface area contributed by atoms with Gasteiger partial charge in [0.15, 0.2) is 0 Å². The fraction of sp³-hybridized carbons (Fsp3) is 0.571. The Morgan fingerprint density at radius 3 is 2.00 bits per heavy atom. The molecule has 1 saturated carbocycles. The summed E-state index contributed by atoms with van der Waals surface area (Å²) in [5, 5.41) is 10.7. The molecule has 0 saturated heterocycles. The van der Waals surface area contributed by atoms with E-state index in [1.165, 1.54) is 0 Å². The summed E-state index contributed by atoms with van der Waals surface area (Å²) in [6.45, 7) is 4.57. The van der Waals surface area contributed by atoms with E-state index >= 15 is 0 Å². The maximum atomic E-state index is 10.7. The molecule has 0 radical (unpaired) electrons. The van der Waals surface area contributed by atoms with Crippen LogP contribution in [0, 0.1) is 5.41 Å². The van der Waals surface area contributed by atoms with Crippen molar-refractivity contribution in [2.75, 3.05) is 0 Å². The minimum atomic E-state index is -0.601. The van der Waals surface area contributed by atoms with E-state index in [-0.39, 0.29) is 0 Å². The fourth-order valence-corrected chi connectivity index (χ4v) is 2.65. The minimum Gasteiger partial charge on any atom is -0.385 e. The van der Waals surface area contributed by atoms with E-state index in [2.05, 4.69) is 29.8 Å². The average Bonchev–Trinajstić information content (AvgIpc) is 2.24. The van der Waals surface area contributed by atoms with Gasteiger partial charge in [0.1, 0.15) is 0 Å². The van der Waals surface area contributed by atoms with Crippen molar-refractivity contribution >= 4 is 15.9 Å². The average molecular weight is 283 g/mol. The molecule has 1 aliphatic rings. The molecule has 0 aliphatic heterocycles. The highest BCUT2D eigenvalue weighted by molar-refractivity contribution is 9.10. The molecule has 0 bridgehead atoms. The third kappa shape index (κ3) is 2.49. The highest BCUT2D eigenvalue weighted by Crippen LogP contribution is 2.45. The summed E-state index contributed by atoms with van der Waals surface area (Å²) in [5.74, 6) is 0. The van der Waals surface area contributed by atoms with Crippen LogP contribution in [0.4, 0.5) is 0 Å².